The van der Waals surface area contributed by atoms with Crippen LogP contribution in [0.2, 0.25) is 0 Å². The maximum Gasteiger partial charge on any atom is 0.0664 e. The van der Waals surface area contributed by atoms with Gasteiger partial charge in [-0.3, -0.25) is 0 Å². The second-order valence-electron chi connectivity index (χ2n) is 3.28. The highest BCUT2D eigenvalue weighted by atomic mass is 16.3. The lowest BCUT2D eigenvalue weighted by Crippen LogP contribution is -2.12. The molecule has 0 amide bonds. The van der Waals surface area contributed by atoms with E-state index in [-0.39, 0.29) is 12.6 Å². The number of aliphatic hydroxyl groups excluding tert-OH is 1. The molecule has 4 heteroatoms. The van der Waals surface area contributed by atoms with Gasteiger partial charge >= 0.3 is 0 Å². The van der Waals surface area contributed by atoms with Gasteiger partial charge in [-0.2, -0.15) is 5.10 Å². The lowest BCUT2D eigenvalue weighted by Gasteiger charge is -2.10. The minimum atomic E-state index is -0.0973. The molecule has 2 heterocycles. The molecule has 74 valence electrons. The van der Waals surface area contributed by atoms with Crippen LogP contribution in [0.25, 0.3) is 5.52 Å². The van der Waals surface area contributed by atoms with Crippen molar-refractivity contribution in [3.63, 3.8) is 0 Å². The van der Waals surface area contributed by atoms with Crippen LogP contribution in [-0.4, -0.2) is 21.3 Å². The molecule has 0 spiro atoms. The van der Waals surface area contributed by atoms with E-state index >= 15 is 0 Å². The van der Waals surface area contributed by atoms with Gasteiger partial charge in [-0.25, -0.2) is 4.52 Å². The molecule has 1 atom stereocenters. The van der Waals surface area contributed by atoms with Crippen LogP contribution in [0.15, 0.2) is 30.6 Å². The van der Waals surface area contributed by atoms with E-state index in [1.807, 2.05) is 24.4 Å². The number of hydrogen-bond donors (Lipinski definition) is 2. The van der Waals surface area contributed by atoms with E-state index in [2.05, 4.69) is 5.10 Å². The molecule has 0 aliphatic rings. The zero-order valence-electron chi connectivity index (χ0n) is 7.80. The fraction of sp³-hybridized carbons (Fsp3) is 0.300. The molecule has 0 radical (unpaired) electrons. The number of aliphatic hydroxyl groups is 1. The average molecular weight is 191 g/mol. The molecule has 0 saturated carbocycles. The second kappa shape index (κ2) is 3.77. The Morgan fingerprint density at radius 3 is 3.14 bits per heavy atom. The molecule has 3 N–H and O–H groups in total. The van der Waals surface area contributed by atoms with Crippen molar-refractivity contribution in [3.8, 4) is 0 Å². The van der Waals surface area contributed by atoms with E-state index in [1.165, 1.54) is 0 Å². The molecule has 4 nitrogen and oxygen atoms in total. The normalized spacial score (nSPS) is 13.3. The summed E-state index contributed by atoms with van der Waals surface area (Å²) in [6.45, 7) is 0.117. The first-order valence-corrected chi connectivity index (χ1v) is 4.61. The highest BCUT2D eigenvalue weighted by Crippen LogP contribution is 2.15. The number of aromatic nitrogens is 2. The van der Waals surface area contributed by atoms with Crippen molar-refractivity contribution in [3.05, 3.63) is 36.2 Å². The van der Waals surface area contributed by atoms with E-state index in [0.717, 1.165) is 11.1 Å². The third-order valence-corrected chi connectivity index (χ3v) is 2.29. The first-order chi connectivity index (χ1) is 6.81. The Morgan fingerprint density at radius 1 is 1.50 bits per heavy atom. The summed E-state index contributed by atoms with van der Waals surface area (Å²) >= 11 is 0. The average Bonchev–Trinajstić information content (AvgIpc) is 2.64. The van der Waals surface area contributed by atoms with Gasteiger partial charge in [-0.15, -0.1) is 0 Å². The first-order valence-electron chi connectivity index (χ1n) is 4.61. The summed E-state index contributed by atoms with van der Waals surface area (Å²) < 4.78 is 1.79. The maximum absolute atomic E-state index is 8.77. The quantitative estimate of drug-likeness (QED) is 0.751. The zero-order valence-corrected chi connectivity index (χ0v) is 7.80. The number of nitrogens with two attached hydrogens (primary N) is 1. The monoisotopic (exact) mass is 191 g/mol. The van der Waals surface area contributed by atoms with Crippen molar-refractivity contribution in [2.24, 2.45) is 5.73 Å². The summed E-state index contributed by atoms with van der Waals surface area (Å²) in [6, 6.07) is 5.75. The van der Waals surface area contributed by atoms with Gasteiger partial charge in [-0.05, 0) is 30.2 Å². The molecule has 0 aliphatic carbocycles. The molecular formula is C10H13N3O. The summed E-state index contributed by atoms with van der Waals surface area (Å²) in [4.78, 5) is 0. The Balaban J connectivity index is 2.33. The Hall–Kier alpha value is -1.39. The topological polar surface area (TPSA) is 63.5 Å². The van der Waals surface area contributed by atoms with Crippen LogP contribution in [0.3, 0.4) is 0 Å². The van der Waals surface area contributed by atoms with Gasteiger partial charge < -0.3 is 10.8 Å². The molecule has 0 aromatic carbocycles. The van der Waals surface area contributed by atoms with Crippen LogP contribution < -0.4 is 5.73 Å². The molecule has 2 aromatic rings. The van der Waals surface area contributed by atoms with E-state index in [0.29, 0.717) is 6.42 Å². The fourth-order valence-corrected chi connectivity index (χ4v) is 1.48. The molecule has 0 bridgehead atoms. The molecule has 1 unspecified atom stereocenters. The third kappa shape index (κ3) is 1.62. The second-order valence-corrected chi connectivity index (χ2v) is 3.28. The lowest BCUT2D eigenvalue weighted by molar-refractivity contribution is 0.276. The van der Waals surface area contributed by atoms with Crippen molar-refractivity contribution in [2.45, 2.75) is 12.5 Å². The van der Waals surface area contributed by atoms with Gasteiger partial charge in [0.2, 0.25) is 0 Å². The summed E-state index contributed by atoms with van der Waals surface area (Å²) in [5, 5.41) is 12.9. The van der Waals surface area contributed by atoms with Crippen molar-refractivity contribution in [1.82, 2.24) is 9.61 Å². The number of nitrogens with zero attached hydrogens (tertiary/aromatic N) is 2. The fourth-order valence-electron chi connectivity index (χ4n) is 1.48. The molecule has 0 fully saturated rings. The zero-order chi connectivity index (χ0) is 9.97. The lowest BCUT2D eigenvalue weighted by atomic mass is 10.1. The van der Waals surface area contributed by atoms with Gasteiger partial charge in [-0.1, -0.05) is 0 Å². The SMILES string of the molecule is NC(CCO)c1ccn2nccc2c1. The largest absolute Gasteiger partial charge is 0.396 e. The van der Waals surface area contributed by atoms with Gasteiger partial charge in [0.15, 0.2) is 0 Å². The Bertz CT molecular complexity index is 424. The van der Waals surface area contributed by atoms with Crippen molar-refractivity contribution in [1.29, 1.82) is 0 Å². The van der Waals surface area contributed by atoms with E-state index in [4.69, 9.17) is 10.8 Å². The van der Waals surface area contributed by atoms with Crippen LogP contribution in [-0.2, 0) is 0 Å². The molecule has 2 rings (SSSR count). The Labute approximate surface area is 82.0 Å². The minimum absolute atomic E-state index is 0.0973. The van der Waals surface area contributed by atoms with E-state index in [1.54, 1.807) is 10.7 Å². The Morgan fingerprint density at radius 2 is 2.36 bits per heavy atom. The summed E-state index contributed by atoms with van der Waals surface area (Å²) in [6.07, 6.45) is 4.21. The summed E-state index contributed by atoms with van der Waals surface area (Å²) in [5.74, 6) is 0. The van der Waals surface area contributed by atoms with Crippen LogP contribution in [0.4, 0.5) is 0 Å². The third-order valence-electron chi connectivity index (χ3n) is 2.29. The van der Waals surface area contributed by atoms with Gasteiger partial charge in [0, 0.05) is 25.0 Å². The van der Waals surface area contributed by atoms with E-state index < -0.39 is 0 Å². The van der Waals surface area contributed by atoms with Crippen LogP contribution in [0.5, 0.6) is 0 Å². The van der Waals surface area contributed by atoms with Gasteiger partial charge in [0.05, 0.1) is 5.52 Å². The number of rotatable bonds is 3. The van der Waals surface area contributed by atoms with Crippen molar-refractivity contribution in [2.75, 3.05) is 6.61 Å². The van der Waals surface area contributed by atoms with Gasteiger partial charge in [0.1, 0.15) is 0 Å². The smallest absolute Gasteiger partial charge is 0.0664 e. The standard InChI is InChI=1S/C10H13N3O/c11-10(3-6-14)8-2-5-13-9(7-8)1-4-12-13/h1-2,4-5,7,10,14H,3,6,11H2. The predicted molar refractivity (Wildman–Crippen MR) is 53.8 cm³/mol. The minimum Gasteiger partial charge on any atom is -0.396 e. The van der Waals surface area contributed by atoms with Crippen molar-refractivity contribution < 1.29 is 5.11 Å². The predicted octanol–water partition coefficient (Wildman–Crippen LogP) is 0.716. The molecule has 2 aromatic heterocycles. The maximum atomic E-state index is 8.77. The number of hydrogen-bond acceptors (Lipinski definition) is 3. The highest BCUT2D eigenvalue weighted by molar-refractivity contribution is 5.48. The van der Waals surface area contributed by atoms with Gasteiger partial charge in [0.25, 0.3) is 0 Å². The summed E-state index contributed by atoms with van der Waals surface area (Å²) in [5.41, 5.74) is 7.93. The Kier molecular flexibility index (Phi) is 2.47. The van der Waals surface area contributed by atoms with Crippen molar-refractivity contribution >= 4 is 5.52 Å². The van der Waals surface area contributed by atoms with Crippen LogP contribution >= 0.6 is 0 Å². The van der Waals surface area contributed by atoms with E-state index in [9.17, 15) is 0 Å². The highest BCUT2D eigenvalue weighted by Gasteiger charge is 2.05. The molecule has 14 heavy (non-hydrogen) atoms. The molecule has 0 aliphatic heterocycles. The molecular weight excluding hydrogens is 178 g/mol. The number of fused-ring (bicyclic) bond motifs is 1. The van der Waals surface area contributed by atoms with Crippen LogP contribution in [0, 0.1) is 0 Å². The molecule has 0 saturated heterocycles. The summed E-state index contributed by atoms with van der Waals surface area (Å²) in [7, 11) is 0. The number of pyridine rings is 1. The van der Waals surface area contributed by atoms with Crippen LogP contribution in [0.1, 0.15) is 18.0 Å². The first kappa shape index (κ1) is 9.18.